The van der Waals surface area contributed by atoms with Crippen LogP contribution in [0.25, 0.3) is 0 Å². The molecule has 0 heterocycles. The van der Waals surface area contributed by atoms with Crippen molar-refractivity contribution in [1.29, 1.82) is 0 Å². The molecule has 1 aromatic rings. The van der Waals surface area contributed by atoms with Crippen molar-refractivity contribution in [3.05, 3.63) is 41.5 Å². The molecule has 0 unspecified atom stereocenters. The van der Waals surface area contributed by atoms with Gasteiger partial charge >= 0.3 is 0 Å². The third-order valence-corrected chi connectivity index (χ3v) is 3.44. The molecule has 0 aliphatic heterocycles. The summed E-state index contributed by atoms with van der Waals surface area (Å²) in [6.07, 6.45) is 8.75. The van der Waals surface area contributed by atoms with Crippen LogP contribution in [-0.4, -0.2) is 12.4 Å². The number of allylic oxidation sites excluding steroid dienone is 2. The Morgan fingerprint density at radius 1 is 1.16 bits per heavy atom. The molecule has 1 aliphatic rings. The topological polar surface area (TPSA) is 26.3 Å². The van der Waals surface area contributed by atoms with Gasteiger partial charge in [-0.1, -0.05) is 18.9 Å². The van der Waals surface area contributed by atoms with Crippen molar-refractivity contribution >= 4 is 5.78 Å². The molecule has 2 nitrogen and oxygen atoms in total. The Labute approximate surface area is 115 Å². The first-order chi connectivity index (χ1) is 9.29. The van der Waals surface area contributed by atoms with E-state index >= 15 is 0 Å². The molecule has 1 saturated carbocycles. The van der Waals surface area contributed by atoms with E-state index in [4.69, 9.17) is 4.74 Å². The van der Waals surface area contributed by atoms with Crippen LogP contribution < -0.4 is 4.74 Å². The van der Waals surface area contributed by atoms with Gasteiger partial charge in [0.25, 0.3) is 0 Å². The van der Waals surface area contributed by atoms with Crippen molar-refractivity contribution in [1.82, 2.24) is 0 Å². The lowest BCUT2D eigenvalue weighted by molar-refractivity contribution is 0.104. The first-order valence-corrected chi connectivity index (χ1v) is 7.26. The largest absolute Gasteiger partial charge is 0.494 e. The van der Waals surface area contributed by atoms with E-state index in [1.807, 2.05) is 30.3 Å². The molecule has 0 N–H and O–H groups in total. The second kappa shape index (κ2) is 7.13. The molecule has 0 bridgehead atoms. The molecule has 1 fully saturated rings. The third-order valence-electron chi connectivity index (χ3n) is 3.44. The quantitative estimate of drug-likeness (QED) is 0.572. The lowest BCUT2D eigenvalue weighted by atomic mass is 9.93. The van der Waals surface area contributed by atoms with Crippen LogP contribution in [0.2, 0.25) is 0 Å². The molecule has 1 aliphatic carbocycles. The maximum atomic E-state index is 12.1. The van der Waals surface area contributed by atoms with Crippen LogP contribution in [-0.2, 0) is 0 Å². The van der Waals surface area contributed by atoms with Crippen molar-refractivity contribution in [2.45, 2.75) is 45.4 Å². The second-order valence-electron chi connectivity index (χ2n) is 5.10. The van der Waals surface area contributed by atoms with Gasteiger partial charge in [-0.25, -0.2) is 0 Å². The summed E-state index contributed by atoms with van der Waals surface area (Å²) in [6, 6.07) is 7.46. The van der Waals surface area contributed by atoms with Crippen LogP contribution in [0.1, 0.15) is 55.8 Å². The number of ether oxygens (including phenoxy) is 1. The van der Waals surface area contributed by atoms with Crippen LogP contribution in [0.4, 0.5) is 0 Å². The van der Waals surface area contributed by atoms with E-state index in [2.05, 4.69) is 6.92 Å². The minimum absolute atomic E-state index is 0.124. The number of rotatable bonds is 5. The van der Waals surface area contributed by atoms with Crippen molar-refractivity contribution in [2.75, 3.05) is 6.61 Å². The molecular formula is C17H22O2. The monoisotopic (exact) mass is 258 g/mol. The summed E-state index contributed by atoms with van der Waals surface area (Å²) in [6.45, 7) is 2.80. The minimum Gasteiger partial charge on any atom is -0.494 e. The van der Waals surface area contributed by atoms with Crippen LogP contribution in [0.5, 0.6) is 5.75 Å². The summed E-state index contributed by atoms with van der Waals surface area (Å²) in [5.74, 6) is 0.961. The Morgan fingerprint density at radius 2 is 1.84 bits per heavy atom. The molecule has 0 saturated heterocycles. The molecule has 0 radical (unpaired) electrons. The molecule has 0 aromatic heterocycles. The van der Waals surface area contributed by atoms with Crippen LogP contribution in [0, 0.1) is 0 Å². The zero-order valence-corrected chi connectivity index (χ0v) is 11.7. The molecular weight excluding hydrogens is 236 g/mol. The van der Waals surface area contributed by atoms with Gasteiger partial charge in [0.1, 0.15) is 5.75 Å². The number of hydrogen-bond acceptors (Lipinski definition) is 2. The van der Waals surface area contributed by atoms with E-state index in [0.29, 0.717) is 0 Å². The number of carbonyl (C=O) groups is 1. The molecule has 0 spiro atoms. The summed E-state index contributed by atoms with van der Waals surface area (Å²) in [7, 11) is 0. The Morgan fingerprint density at radius 3 is 2.47 bits per heavy atom. The van der Waals surface area contributed by atoms with Gasteiger partial charge in [-0.15, -0.1) is 0 Å². The molecule has 19 heavy (non-hydrogen) atoms. The first kappa shape index (κ1) is 13.9. The molecule has 102 valence electrons. The summed E-state index contributed by atoms with van der Waals surface area (Å²) in [5, 5.41) is 0. The Kier molecular flexibility index (Phi) is 5.20. The highest BCUT2D eigenvalue weighted by Crippen LogP contribution is 2.23. The van der Waals surface area contributed by atoms with E-state index in [1.165, 1.54) is 24.8 Å². The second-order valence-corrected chi connectivity index (χ2v) is 5.10. The SMILES string of the molecule is CCCOc1ccc(C(=O)C=C2CCCCC2)cc1. The summed E-state index contributed by atoms with van der Waals surface area (Å²) in [4.78, 5) is 12.1. The van der Waals surface area contributed by atoms with Gasteiger partial charge in [-0.3, -0.25) is 4.79 Å². The van der Waals surface area contributed by atoms with Gasteiger partial charge in [0.05, 0.1) is 6.61 Å². The number of hydrogen-bond donors (Lipinski definition) is 0. The standard InChI is InChI=1S/C17H22O2/c1-2-12-19-16-10-8-15(9-11-16)17(18)13-14-6-4-3-5-7-14/h8-11,13H,2-7,12H2,1H3. The fraction of sp³-hybridized carbons (Fsp3) is 0.471. The van der Waals surface area contributed by atoms with Crippen molar-refractivity contribution in [3.8, 4) is 5.75 Å². The van der Waals surface area contributed by atoms with Crippen LogP contribution in [0.3, 0.4) is 0 Å². The highest BCUT2D eigenvalue weighted by Gasteiger charge is 2.09. The fourth-order valence-corrected chi connectivity index (χ4v) is 2.35. The number of benzene rings is 1. The van der Waals surface area contributed by atoms with Gasteiger partial charge < -0.3 is 4.74 Å². The lowest BCUT2D eigenvalue weighted by Crippen LogP contribution is -2.01. The van der Waals surface area contributed by atoms with Crippen molar-refractivity contribution in [2.24, 2.45) is 0 Å². The van der Waals surface area contributed by atoms with Crippen molar-refractivity contribution < 1.29 is 9.53 Å². The highest BCUT2D eigenvalue weighted by atomic mass is 16.5. The first-order valence-electron chi connectivity index (χ1n) is 7.26. The molecule has 2 rings (SSSR count). The average Bonchev–Trinajstić information content (AvgIpc) is 2.46. The van der Waals surface area contributed by atoms with Gasteiger partial charge in [0.15, 0.2) is 5.78 Å². The van der Waals surface area contributed by atoms with Crippen molar-refractivity contribution in [3.63, 3.8) is 0 Å². The Balaban J connectivity index is 1.98. The third kappa shape index (κ3) is 4.23. The fourth-order valence-electron chi connectivity index (χ4n) is 2.35. The maximum Gasteiger partial charge on any atom is 0.185 e. The minimum atomic E-state index is 0.124. The van der Waals surface area contributed by atoms with E-state index in [1.54, 1.807) is 0 Å². The summed E-state index contributed by atoms with van der Waals surface area (Å²) in [5.41, 5.74) is 2.06. The molecule has 0 amide bonds. The van der Waals surface area contributed by atoms with Gasteiger partial charge in [-0.05, 0) is 62.4 Å². The number of ketones is 1. The molecule has 1 aromatic carbocycles. The lowest BCUT2D eigenvalue weighted by Gasteiger charge is -2.13. The van der Waals surface area contributed by atoms with Crippen LogP contribution in [0.15, 0.2) is 35.9 Å². The predicted octanol–water partition coefficient (Wildman–Crippen LogP) is 4.55. The smallest absolute Gasteiger partial charge is 0.185 e. The summed E-state index contributed by atoms with van der Waals surface area (Å²) < 4.78 is 5.51. The Hall–Kier alpha value is -1.57. The van der Waals surface area contributed by atoms with Gasteiger partial charge in [-0.2, -0.15) is 0 Å². The van der Waals surface area contributed by atoms with E-state index in [0.717, 1.165) is 37.2 Å². The normalized spacial score (nSPS) is 15.1. The molecule has 2 heteroatoms. The van der Waals surface area contributed by atoms with Gasteiger partial charge in [0, 0.05) is 5.56 Å². The zero-order valence-electron chi connectivity index (χ0n) is 11.7. The van der Waals surface area contributed by atoms with Gasteiger partial charge in [0.2, 0.25) is 0 Å². The van der Waals surface area contributed by atoms with E-state index < -0.39 is 0 Å². The molecule has 0 atom stereocenters. The summed E-state index contributed by atoms with van der Waals surface area (Å²) >= 11 is 0. The maximum absolute atomic E-state index is 12.1. The van der Waals surface area contributed by atoms with Crippen LogP contribution >= 0.6 is 0 Å². The van der Waals surface area contributed by atoms with E-state index in [-0.39, 0.29) is 5.78 Å². The Bertz CT molecular complexity index is 435. The van der Waals surface area contributed by atoms with E-state index in [9.17, 15) is 4.79 Å². The average molecular weight is 258 g/mol. The predicted molar refractivity (Wildman–Crippen MR) is 77.7 cm³/mol. The number of carbonyl (C=O) groups excluding carboxylic acids is 1. The zero-order chi connectivity index (χ0) is 13.5. The highest BCUT2D eigenvalue weighted by molar-refractivity contribution is 6.04.